The Kier molecular flexibility index (Phi) is 7.92. The number of aliphatic hydroxyl groups excluding tert-OH is 1. The molecule has 5 heteroatoms. The molecule has 3 aromatic carbocycles. The second kappa shape index (κ2) is 11.0. The summed E-state index contributed by atoms with van der Waals surface area (Å²) in [6.07, 6.45) is 1.46. The highest BCUT2D eigenvalue weighted by atomic mass is 16.5. The molecule has 0 aromatic heterocycles. The SMILES string of the molecule is COc1cc(CC(C)NC(=O)/C(=C\O)c2ccc(C)cc2)ccc1OCc1ccccc1. The number of carbonyl (C=O) groups is 1. The van der Waals surface area contributed by atoms with E-state index in [0.29, 0.717) is 30.1 Å². The van der Waals surface area contributed by atoms with Gasteiger partial charge in [0.25, 0.3) is 5.91 Å². The fourth-order valence-corrected chi connectivity index (χ4v) is 3.40. The van der Waals surface area contributed by atoms with Gasteiger partial charge in [0, 0.05) is 6.04 Å². The Labute approximate surface area is 189 Å². The second-order valence-corrected chi connectivity index (χ2v) is 7.75. The van der Waals surface area contributed by atoms with Gasteiger partial charge in [-0.2, -0.15) is 0 Å². The van der Waals surface area contributed by atoms with Crippen molar-refractivity contribution in [3.05, 3.63) is 101 Å². The van der Waals surface area contributed by atoms with Gasteiger partial charge in [-0.3, -0.25) is 4.79 Å². The normalized spacial score (nSPS) is 12.2. The van der Waals surface area contributed by atoms with Crippen molar-refractivity contribution >= 4 is 11.5 Å². The molecule has 3 rings (SSSR count). The minimum Gasteiger partial charge on any atom is -0.515 e. The van der Waals surface area contributed by atoms with E-state index < -0.39 is 0 Å². The lowest BCUT2D eigenvalue weighted by Gasteiger charge is -2.17. The molecule has 3 aromatic rings. The van der Waals surface area contributed by atoms with Crippen LogP contribution in [0.4, 0.5) is 0 Å². The molecule has 32 heavy (non-hydrogen) atoms. The summed E-state index contributed by atoms with van der Waals surface area (Å²) < 4.78 is 11.4. The number of amides is 1. The van der Waals surface area contributed by atoms with Gasteiger partial charge in [0.1, 0.15) is 6.61 Å². The fourth-order valence-electron chi connectivity index (χ4n) is 3.40. The van der Waals surface area contributed by atoms with Gasteiger partial charge in [-0.15, -0.1) is 0 Å². The summed E-state index contributed by atoms with van der Waals surface area (Å²) in [5, 5.41) is 12.6. The smallest absolute Gasteiger partial charge is 0.255 e. The van der Waals surface area contributed by atoms with Crippen LogP contribution in [0, 0.1) is 6.92 Å². The Morgan fingerprint density at radius 3 is 2.38 bits per heavy atom. The number of hydrogen-bond donors (Lipinski definition) is 2. The number of rotatable bonds is 9. The van der Waals surface area contributed by atoms with Crippen molar-refractivity contribution in [2.24, 2.45) is 0 Å². The topological polar surface area (TPSA) is 67.8 Å². The second-order valence-electron chi connectivity index (χ2n) is 7.75. The Bertz CT molecular complexity index is 1060. The van der Waals surface area contributed by atoms with E-state index in [-0.39, 0.29) is 17.5 Å². The molecule has 0 bridgehead atoms. The van der Waals surface area contributed by atoms with Gasteiger partial charge in [0.15, 0.2) is 11.5 Å². The first kappa shape index (κ1) is 22.9. The van der Waals surface area contributed by atoms with Gasteiger partial charge >= 0.3 is 0 Å². The zero-order chi connectivity index (χ0) is 22.9. The van der Waals surface area contributed by atoms with Crippen LogP contribution in [-0.2, 0) is 17.8 Å². The van der Waals surface area contributed by atoms with E-state index in [1.807, 2.05) is 86.6 Å². The van der Waals surface area contributed by atoms with E-state index >= 15 is 0 Å². The van der Waals surface area contributed by atoms with Gasteiger partial charge in [-0.1, -0.05) is 66.2 Å². The van der Waals surface area contributed by atoms with Crippen molar-refractivity contribution < 1.29 is 19.4 Å². The molecule has 0 aliphatic rings. The summed E-state index contributed by atoms with van der Waals surface area (Å²) in [4.78, 5) is 12.7. The molecule has 1 amide bonds. The molecular weight excluding hydrogens is 402 g/mol. The maximum Gasteiger partial charge on any atom is 0.255 e. The van der Waals surface area contributed by atoms with Crippen LogP contribution in [-0.4, -0.2) is 24.2 Å². The lowest BCUT2D eigenvalue weighted by Crippen LogP contribution is -2.34. The molecule has 0 aliphatic carbocycles. The lowest BCUT2D eigenvalue weighted by molar-refractivity contribution is -0.116. The van der Waals surface area contributed by atoms with Gasteiger partial charge in [0.2, 0.25) is 0 Å². The number of aryl methyl sites for hydroxylation is 1. The first-order chi connectivity index (χ1) is 15.5. The van der Waals surface area contributed by atoms with Crippen molar-refractivity contribution in [3.63, 3.8) is 0 Å². The minimum absolute atomic E-state index is 0.149. The van der Waals surface area contributed by atoms with E-state index in [1.54, 1.807) is 7.11 Å². The molecule has 0 saturated carbocycles. The van der Waals surface area contributed by atoms with Crippen molar-refractivity contribution in [2.75, 3.05) is 7.11 Å². The molecule has 0 heterocycles. The van der Waals surface area contributed by atoms with Crippen LogP contribution < -0.4 is 14.8 Å². The van der Waals surface area contributed by atoms with Crippen LogP contribution in [0.1, 0.15) is 29.2 Å². The summed E-state index contributed by atoms with van der Waals surface area (Å²) >= 11 is 0. The Hall–Kier alpha value is -3.73. The van der Waals surface area contributed by atoms with Crippen LogP contribution in [0.15, 0.2) is 79.1 Å². The third-order valence-electron chi connectivity index (χ3n) is 5.12. The number of aliphatic hydroxyl groups is 1. The molecular formula is C27H29NO4. The summed E-state index contributed by atoms with van der Waals surface area (Å²) in [5.41, 5.74) is 4.08. The highest BCUT2D eigenvalue weighted by Crippen LogP contribution is 2.29. The summed E-state index contributed by atoms with van der Waals surface area (Å²) in [5.74, 6) is 0.993. The Balaban J connectivity index is 1.62. The van der Waals surface area contributed by atoms with Crippen LogP contribution in [0.25, 0.3) is 5.57 Å². The van der Waals surface area contributed by atoms with Crippen LogP contribution in [0.5, 0.6) is 11.5 Å². The van der Waals surface area contributed by atoms with Gasteiger partial charge in [-0.25, -0.2) is 0 Å². The van der Waals surface area contributed by atoms with E-state index in [0.717, 1.165) is 23.0 Å². The number of carbonyl (C=O) groups excluding carboxylic acids is 1. The number of nitrogens with one attached hydrogen (secondary N) is 1. The molecule has 1 unspecified atom stereocenters. The average Bonchev–Trinajstić information content (AvgIpc) is 2.80. The third kappa shape index (κ3) is 6.14. The zero-order valence-electron chi connectivity index (χ0n) is 18.7. The monoisotopic (exact) mass is 431 g/mol. The fraction of sp³-hybridized carbons (Fsp3) is 0.222. The third-order valence-corrected chi connectivity index (χ3v) is 5.12. The lowest BCUT2D eigenvalue weighted by atomic mass is 10.0. The van der Waals surface area contributed by atoms with E-state index in [2.05, 4.69) is 5.32 Å². The first-order valence-corrected chi connectivity index (χ1v) is 10.6. The average molecular weight is 432 g/mol. The number of methoxy groups -OCH3 is 1. The van der Waals surface area contributed by atoms with E-state index in [4.69, 9.17) is 9.47 Å². The largest absolute Gasteiger partial charge is 0.515 e. The van der Waals surface area contributed by atoms with Crippen molar-refractivity contribution in [2.45, 2.75) is 32.9 Å². The molecule has 0 fully saturated rings. The predicted molar refractivity (Wildman–Crippen MR) is 127 cm³/mol. The molecule has 0 spiro atoms. The zero-order valence-corrected chi connectivity index (χ0v) is 18.7. The molecule has 166 valence electrons. The van der Waals surface area contributed by atoms with Crippen LogP contribution in [0.3, 0.4) is 0 Å². The maximum absolute atomic E-state index is 12.7. The first-order valence-electron chi connectivity index (χ1n) is 10.6. The van der Waals surface area contributed by atoms with Crippen LogP contribution >= 0.6 is 0 Å². The van der Waals surface area contributed by atoms with Crippen LogP contribution in [0.2, 0.25) is 0 Å². The Morgan fingerprint density at radius 1 is 1.00 bits per heavy atom. The molecule has 2 N–H and O–H groups in total. The standard InChI is InChI=1S/C27H29NO4/c1-19-9-12-23(13-10-19)24(17-29)27(30)28-20(2)15-22-11-14-25(26(16-22)31-3)32-18-21-7-5-4-6-8-21/h4-14,16-17,20,29H,15,18H2,1-3H3,(H,28,30)/b24-17-. The van der Waals surface area contributed by atoms with Crippen molar-refractivity contribution in [3.8, 4) is 11.5 Å². The molecule has 0 radical (unpaired) electrons. The highest BCUT2D eigenvalue weighted by Gasteiger charge is 2.16. The number of hydrogen-bond acceptors (Lipinski definition) is 4. The molecule has 0 saturated heterocycles. The Morgan fingerprint density at radius 2 is 1.72 bits per heavy atom. The molecule has 0 aliphatic heterocycles. The summed E-state index contributed by atoms with van der Waals surface area (Å²) in [6.45, 7) is 4.35. The van der Waals surface area contributed by atoms with E-state index in [1.165, 1.54) is 0 Å². The van der Waals surface area contributed by atoms with Crippen molar-refractivity contribution in [1.29, 1.82) is 0 Å². The highest BCUT2D eigenvalue weighted by molar-refractivity contribution is 6.19. The van der Waals surface area contributed by atoms with E-state index in [9.17, 15) is 9.90 Å². The summed E-state index contributed by atoms with van der Waals surface area (Å²) in [6, 6.07) is 23.0. The number of ether oxygens (including phenoxy) is 2. The van der Waals surface area contributed by atoms with Gasteiger partial charge < -0.3 is 19.9 Å². The van der Waals surface area contributed by atoms with Gasteiger partial charge in [0.05, 0.1) is 18.9 Å². The predicted octanol–water partition coefficient (Wildman–Crippen LogP) is 5.23. The quantitative estimate of drug-likeness (QED) is 0.360. The molecule has 5 nitrogen and oxygen atoms in total. The van der Waals surface area contributed by atoms with Crippen molar-refractivity contribution in [1.82, 2.24) is 5.32 Å². The maximum atomic E-state index is 12.7. The molecule has 1 atom stereocenters. The number of benzene rings is 3. The summed E-state index contributed by atoms with van der Waals surface area (Å²) in [7, 11) is 1.61. The minimum atomic E-state index is -0.321. The van der Waals surface area contributed by atoms with Gasteiger partial charge in [-0.05, 0) is 49.1 Å².